The molecule has 0 spiro atoms. The highest BCUT2D eigenvalue weighted by molar-refractivity contribution is 8.00. The minimum absolute atomic E-state index is 0.586. The number of rotatable bonds is 8. The number of fused-ring (bicyclic) bond motifs is 1. The Morgan fingerprint density at radius 2 is 2.10 bits per heavy atom. The molecule has 21 heavy (non-hydrogen) atoms. The molecule has 1 aliphatic heterocycles. The van der Waals surface area contributed by atoms with Crippen molar-refractivity contribution in [2.45, 2.75) is 30.4 Å². The Balaban J connectivity index is 1.99. The van der Waals surface area contributed by atoms with Crippen molar-refractivity contribution in [3.63, 3.8) is 0 Å². The van der Waals surface area contributed by atoms with Crippen LogP contribution in [-0.4, -0.2) is 42.9 Å². The molecule has 2 rings (SSSR count). The first kappa shape index (κ1) is 16.4. The number of nitrogens with zero attached hydrogens (tertiary/aromatic N) is 1. The Morgan fingerprint density at radius 1 is 1.29 bits per heavy atom. The maximum atomic E-state index is 5.58. The largest absolute Gasteiger partial charge is 0.383 e. The van der Waals surface area contributed by atoms with Gasteiger partial charge in [-0.25, -0.2) is 0 Å². The molecule has 0 fully saturated rings. The molecular weight excluding hydrogens is 278 g/mol. The zero-order valence-electron chi connectivity index (χ0n) is 13.1. The van der Waals surface area contributed by atoms with Gasteiger partial charge >= 0.3 is 0 Å². The van der Waals surface area contributed by atoms with E-state index in [2.05, 4.69) is 54.4 Å². The number of benzene rings is 1. The molecule has 1 aromatic rings. The normalized spacial score (nSPS) is 17.0. The molecule has 4 heteroatoms. The van der Waals surface area contributed by atoms with E-state index >= 15 is 0 Å². The summed E-state index contributed by atoms with van der Waals surface area (Å²) in [6.07, 6.45) is 5.84. The summed E-state index contributed by atoms with van der Waals surface area (Å²) in [6, 6.07) is 6.49. The highest BCUT2D eigenvalue weighted by Gasteiger charge is 2.17. The van der Waals surface area contributed by atoms with E-state index in [0.717, 1.165) is 19.6 Å². The van der Waals surface area contributed by atoms with Crippen LogP contribution < -0.4 is 11.1 Å². The second-order valence-electron chi connectivity index (χ2n) is 5.26. The maximum absolute atomic E-state index is 5.58. The first-order chi connectivity index (χ1) is 10.3. The van der Waals surface area contributed by atoms with E-state index in [9.17, 15) is 0 Å². The molecule has 3 N–H and O–H groups in total. The van der Waals surface area contributed by atoms with E-state index in [1.54, 1.807) is 0 Å². The average molecular weight is 305 g/mol. The Bertz CT molecular complexity index is 469. The molecule has 1 aromatic carbocycles. The predicted octanol–water partition coefficient (Wildman–Crippen LogP) is 3.28. The number of anilines is 1. The van der Waals surface area contributed by atoms with Crippen molar-refractivity contribution in [2.75, 3.05) is 38.0 Å². The zero-order chi connectivity index (χ0) is 15.1. The van der Waals surface area contributed by atoms with E-state index in [1.807, 2.05) is 11.8 Å². The lowest BCUT2D eigenvalue weighted by Crippen LogP contribution is -2.26. The van der Waals surface area contributed by atoms with Crippen LogP contribution in [-0.2, 0) is 0 Å². The predicted molar refractivity (Wildman–Crippen MR) is 95.1 cm³/mol. The third kappa shape index (κ3) is 4.50. The fourth-order valence-corrected chi connectivity index (χ4v) is 3.76. The summed E-state index contributed by atoms with van der Waals surface area (Å²) >= 11 is 1.98. The number of thioether (sulfide) groups is 1. The Kier molecular flexibility index (Phi) is 6.61. The van der Waals surface area contributed by atoms with Gasteiger partial charge in [0.1, 0.15) is 0 Å². The quantitative estimate of drug-likeness (QED) is 0.773. The molecular formula is C17H27N3S. The molecule has 1 unspecified atom stereocenters. The Hall–Kier alpha value is -0.970. The molecule has 0 aliphatic carbocycles. The van der Waals surface area contributed by atoms with E-state index in [-0.39, 0.29) is 0 Å². The highest BCUT2D eigenvalue weighted by Crippen LogP contribution is 2.38. The zero-order valence-corrected chi connectivity index (χ0v) is 14.0. The van der Waals surface area contributed by atoms with Gasteiger partial charge in [-0.3, -0.25) is 0 Å². The van der Waals surface area contributed by atoms with E-state index in [4.69, 9.17) is 5.73 Å². The highest BCUT2D eigenvalue weighted by atomic mass is 32.2. The number of nitrogens with two attached hydrogens (primary N) is 1. The minimum Gasteiger partial charge on any atom is -0.383 e. The molecule has 0 radical (unpaired) electrons. The Labute approximate surface area is 133 Å². The molecule has 1 atom stereocenters. The molecule has 1 aliphatic rings. The lowest BCUT2D eigenvalue weighted by molar-refractivity contribution is 0.302. The van der Waals surface area contributed by atoms with Gasteiger partial charge in [0.15, 0.2) is 0 Å². The van der Waals surface area contributed by atoms with Gasteiger partial charge in [-0.2, -0.15) is 0 Å². The van der Waals surface area contributed by atoms with Crippen molar-refractivity contribution in [1.29, 1.82) is 0 Å². The first-order valence-corrected chi connectivity index (χ1v) is 8.80. The fourth-order valence-electron chi connectivity index (χ4n) is 2.59. The summed E-state index contributed by atoms with van der Waals surface area (Å²) < 4.78 is 0. The van der Waals surface area contributed by atoms with Crippen LogP contribution in [0.5, 0.6) is 0 Å². The van der Waals surface area contributed by atoms with E-state index in [1.165, 1.54) is 29.1 Å². The van der Waals surface area contributed by atoms with Crippen LogP contribution in [0.25, 0.3) is 6.08 Å². The first-order valence-electron chi connectivity index (χ1n) is 7.92. The van der Waals surface area contributed by atoms with Crippen molar-refractivity contribution in [2.24, 2.45) is 5.73 Å². The van der Waals surface area contributed by atoms with Crippen molar-refractivity contribution >= 4 is 23.5 Å². The smallest absolute Gasteiger partial charge is 0.0425 e. The third-order valence-electron chi connectivity index (χ3n) is 3.91. The minimum atomic E-state index is 0.586. The monoisotopic (exact) mass is 305 g/mol. The van der Waals surface area contributed by atoms with E-state index < -0.39 is 0 Å². The lowest BCUT2D eigenvalue weighted by atomic mass is 10.1. The average Bonchev–Trinajstić information content (AvgIpc) is 2.53. The summed E-state index contributed by atoms with van der Waals surface area (Å²) in [7, 11) is 0. The molecule has 3 nitrogen and oxygen atoms in total. The van der Waals surface area contributed by atoms with Gasteiger partial charge in [0.2, 0.25) is 0 Å². The van der Waals surface area contributed by atoms with Crippen molar-refractivity contribution in [3.8, 4) is 0 Å². The lowest BCUT2D eigenvalue weighted by Gasteiger charge is -2.24. The number of hydrogen-bond donors (Lipinski definition) is 2. The van der Waals surface area contributed by atoms with Crippen LogP contribution >= 0.6 is 11.8 Å². The van der Waals surface area contributed by atoms with Gasteiger partial charge in [0, 0.05) is 34.5 Å². The van der Waals surface area contributed by atoms with Crippen LogP contribution in [0.4, 0.5) is 5.69 Å². The molecule has 1 heterocycles. The fraction of sp³-hybridized carbons (Fsp3) is 0.529. The van der Waals surface area contributed by atoms with Gasteiger partial charge < -0.3 is 16.0 Å². The second kappa shape index (κ2) is 8.47. The standard InChI is InChI=1S/C17H27N3S/c1-3-20(4-2)13-10-14-8-9-15-16(19-12-11-18)6-5-7-17(15)21-14/h5-9,14,19H,3-4,10-13,18H2,1-2H3. The molecule has 0 bridgehead atoms. The van der Waals surface area contributed by atoms with Gasteiger partial charge in [0.05, 0.1) is 0 Å². The number of nitrogens with one attached hydrogen (secondary N) is 1. The van der Waals surface area contributed by atoms with E-state index in [0.29, 0.717) is 11.8 Å². The molecule has 0 amide bonds. The van der Waals surface area contributed by atoms with Crippen LogP contribution in [0.3, 0.4) is 0 Å². The SMILES string of the molecule is CCN(CC)CCC1C=Cc2c(NCCN)cccc2S1. The van der Waals surface area contributed by atoms with Crippen molar-refractivity contribution < 1.29 is 0 Å². The number of hydrogen-bond acceptors (Lipinski definition) is 4. The molecule has 0 saturated carbocycles. The van der Waals surface area contributed by atoms with Gasteiger partial charge in [0.25, 0.3) is 0 Å². The van der Waals surface area contributed by atoms with Crippen LogP contribution in [0.1, 0.15) is 25.8 Å². The summed E-state index contributed by atoms with van der Waals surface area (Å²) in [5.41, 5.74) is 8.09. The van der Waals surface area contributed by atoms with Gasteiger partial charge in [-0.15, -0.1) is 11.8 Å². The van der Waals surface area contributed by atoms with Crippen LogP contribution in [0.2, 0.25) is 0 Å². The molecule has 0 saturated heterocycles. The molecule has 0 aromatic heterocycles. The third-order valence-corrected chi connectivity index (χ3v) is 5.21. The maximum Gasteiger partial charge on any atom is 0.0425 e. The van der Waals surface area contributed by atoms with Crippen LogP contribution in [0.15, 0.2) is 29.2 Å². The van der Waals surface area contributed by atoms with Gasteiger partial charge in [-0.1, -0.05) is 32.1 Å². The summed E-state index contributed by atoms with van der Waals surface area (Å²) in [5.74, 6) is 0. The topological polar surface area (TPSA) is 41.3 Å². The Morgan fingerprint density at radius 3 is 2.81 bits per heavy atom. The van der Waals surface area contributed by atoms with Crippen LogP contribution in [0, 0.1) is 0 Å². The summed E-state index contributed by atoms with van der Waals surface area (Å²) in [6.45, 7) is 9.40. The molecule has 116 valence electrons. The van der Waals surface area contributed by atoms with Crippen molar-refractivity contribution in [3.05, 3.63) is 29.8 Å². The second-order valence-corrected chi connectivity index (χ2v) is 6.54. The van der Waals surface area contributed by atoms with Crippen molar-refractivity contribution in [1.82, 2.24) is 4.90 Å². The summed E-state index contributed by atoms with van der Waals surface area (Å²) in [4.78, 5) is 3.87. The van der Waals surface area contributed by atoms with Gasteiger partial charge in [-0.05, 0) is 38.2 Å². The summed E-state index contributed by atoms with van der Waals surface area (Å²) in [5, 5.41) is 3.99.